The molecular formula is C38H53ClN8O3S. The van der Waals surface area contributed by atoms with Crippen molar-refractivity contribution in [1.82, 2.24) is 34.8 Å². The fraction of sp³-hybridized carbons (Fsp3) is 0.605. The molecule has 1 N–H and O–H groups in total. The highest BCUT2D eigenvalue weighted by atomic mass is 35.5. The molecule has 1 aromatic carbocycles. The fourth-order valence-corrected chi connectivity index (χ4v) is 8.84. The zero-order valence-electron chi connectivity index (χ0n) is 31.2. The summed E-state index contributed by atoms with van der Waals surface area (Å²) in [5.74, 6) is 2.03. The number of thiophene rings is 1. The number of halogens is 1. The summed E-state index contributed by atoms with van der Waals surface area (Å²) in [5, 5.41) is 13.8. The Hall–Kier alpha value is -3.32. The van der Waals surface area contributed by atoms with Crippen LogP contribution in [0.2, 0.25) is 5.02 Å². The summed E-state index contributed by atoms with van der Waals surface area (Å²) in [4.78, 5) is 39.4. The van der Waals surface area contributed by atoms with E-state index in [1.807, 2.05) is 56.9 Å². The third-order valence-electron chi connectivity index (χ3n) is 10.3. The Morgan fingerprint density at radius 3 is 2.41 bits per heavy atom. The van der Waals surface area contributed by atoms with Gasteiger partial charge in [0.25, 0.3) is 0 Å². The van der Waals surface area contributed by atoms with Gasteiger partial charge in [0.05, 0.1) is 12.1 Å². The Balaban J connectivity index is 0.981. The standard InChI is InChI=1S/C38H53ClN8O3S/c1-24-21-28(13-16-46(24)37(49)50-38(5,6)7)23-45-19-17-44(18-20-45)15-8-14-40-32(48)22-31-35-43-42-27(4)47(35)36-33(25(2)26(3)51-36)34(41-31)29-9-11-30(39)12-10-29/h9-12,24,28,31H,8,13-23H2,1-7H3,(H,40,48)/t24-,28?,31+/m1/s1. The van der Waals surface area contributed by atoms with Gasteiger partial charge in [-0.3, -0.25) is 14.4 Å². The molecule has 3 aromatic rings. The monoisotopic (exact) mass is 736 g/mol. The zero-order valence-corrected chi connectivity index (χ0v) is 32.7. The molecule has 2 amide bonds. The number of aryl methyl sites for hydroxylation is 2. The molecule has 3 aliphatic heterocycles. The first-order valence-corrected chi connectivity index (χ1v) is 19.5. The van der Waals surface area contributed by atoms with Gasteiger partial charge in [0.15, 0.2) is 5.82 Å². The van der Waals surface area contributed by atoms with Gasteiger partial charge in [-0.15, -0.1) is 21.5 Å². The van der Waals surface area contributed by atoms with E-state index >= 15 is 0 Å². The number of hydrogen-bond acceptors (Lipinski definition) is 9. The molecule has 1 unspecified atom stereocenters. The van der Waals surface area contributed by atoms with Gasteiger partial charge in [-0.1, -0.05) is 23.7 Å². The van der Waals surface area contributed by atoms with E-state index in [0.29, 0.717) is 23.3 Å². The lowest BCUT2D eigenvalue weighted by Gasteiger charge is -2.41. The number of likely N-dealkylation sites (tertiary alicyclic amines) is 1. The third-order valence-corrected chi connectivity index (χ3v) is 11.7. The quantitative estimate of drug-likeness (QED) is 0.255. The second kappa shape index (κ2) is 15.7. The first kappa shape index (κ1) is 37.4. The van der Waals surface area contributed by atoms with Gasteiger partial charge in [-0.2, -0.15) is 0 Å². The van der Waals surface area contributed by atoms with Crippen molar-refractivity contribution < 1.29 is 14.3 Å². The molecule has 51 heavy (non-hydrogen) atoms. The highest BCUT2D eigenvalue weighted by Crippen LogP contribution is 2.39. The highest BCUT2D eigenvalue weighted by molar-refractivity contribution is 7.15. The predicted molar refractivity (Wildman–Crippen MR) is 204 cm³/mol. The van der Waals surface area contributed by atoms with Crippen LogP contribution < -0.4 is 5.32 Å². The Morgan fingerprint density at radius 2 is 1.73 bits per heavy atom. The number of nitrogens with one attached hydrogen (secondary N) is 1. The van der Waals surface area contributed by atoms with Crippen LogP contribution in [0, 0.1) is 26.7 Å². The number of piperazine rings is 1. The van der Waals surface area contributed by atoms with Crippen molar-refractivity contribution >= 4 is 40.6 Å². The molecule has 0 saturated carbocycles. The molecule has 0 radical (unpaired) electrons. The molecule has 11 nitrogen and oxygen atoms in total. The Kier molecular flexibility index (Phi) is 11.6. The highest BCUT2D eigenvalue weighted by Gasteiger charge is 2.34. The summed E-state index contributed by atoms with van der Waals surface area (Å²) in [5.41, 5.74) is 3.57. The van der Waals surface area contributed by atoms with Crippen LogP contribution in [-0.4, -0.2) is 111 Å². The molecule has 276 valence electrons. The van der Waals surface area contributed by atoms with Crippen LogP contribution in [0.5, 0.6) is 0 Å². The maximum absolute atomic E-state index is 13.4. The van der Waals surface area contributed by atoms with Gasteiger partial charge < -0.3 is 24.8 Å². The lowest BCUT2D eigenvalue weighted by atomic mass is 9.91. The number of carbonyl (C=O) groups excluding carboxylic acids is 2. The largest absolute Gasteiger partial charge is 0.444 e. The number of amides is 2. The van der Waals surface area contributed by atoms with Crippen LogP contribution in [-0.2, 0) is 9.53 Å². The van der Waals surface area contributed by atoms with Crippen molar-refractivity contribution in [2.45, 2.75) is 91.8 Å². The summed E-state index contributed by atoms with van der Waals surface area (Å²) >= 11 is 7.95. The van der Waals surface area contributed by atoms with Gasteiger partial charge in [-0.25, -0.2) is 4.79 Å². The maximum atomic E-state index is 13.4. The number of nitrogens with zero attached hydrogens (tertiary/aromatic N) is 7. The lowest BCUT2D eigenvalue weighted by Crippen LogP contribution is -2.51. The number of rotatable bonds is 9. The van der Waals surface area contributed by atoms with Crippen LogP contribution in [0.1, 0.15) is 92.6 Å². The summed E-state index contributed by atoms with van der Waals surface area (Å²) in [6.07, 6.45) is 2.92. The number of ether oxygens (including phenoxy) is 1. The molecule has 2 fully saturated rings. The summed E-state index contributed by atoms with van der Waals surface area (Å²) in [7, 11) is 0. The van der Waals surface area contributed by atoms with Gasteiger partial charge in [0.1, 0.15) is 22.5 Å². The van der Waals surface area contributed by atoms with E-state index in [2.05, 4.69) is 50.7 Å². The number of aromatic nitrogens is 3. The van der Waals surface area contributed by atoms with E-state index in [1.165, 1.54) is 10.4 Å². The van der Waals surface area contributed by atoms with Crippen molar-refractivity contribution in [1.29, 1.82) is 0 Å². The minimum Gasteiger partial charge on any atom is -0.444 e. The van der Waals surface area contributed by atoms with Crippen molar-refractivity contribution in [2.75, 3.05) is 52.4 Å². The maximum Gasteiger partial charge on any atom is 0.410 e. The smallest absolute Gasteiger partial charge is 0.410 e. The van der Waals surface area contributed by atoms with E-state index in [1.54, 1.807) is 11.3 Å². The summed E-state index contributed by atoms with van der Waals surface area (Å²) in [6.45, 7) is 21.7. The normalized spacial score (nSPS) is 21.5. The van der Waals surface area contributed by atoms with Gasteiger partial charge >= 0.3 is 6.09 Å². The van der Waals surface area contributed by atoms with E-state index < -0.39 is 11.6 Å². The second-order valence-electron chi connectivity index (χ2n) is 15.4. The van der Waals surface area contributed by atoms with Crippen LogP contribution in [0.15, 0.2) is 29.3 Å². The predicted octanol–water partition coefficient (Wildman–Crippen LogP) is 6.35. The summed E-state index contributed by atoms with van der Waals surface area (Å²) < 4.78 is 7.70. The number of carbonyl (C=O) groups is 2. The number of fused-ring (bicyclic) bond motifs is 3. The first-order valence-electron chi connectivity index (χ1n) is 18.3. The Bertz CT molecular complexity index is 1740. The number of hydrogen-bond donors (Lipinski definition) is 1. The molecule has 2 aromatic heterocycles. The fourth-order valence-electron chi connectivity index (χ4n) is 7.50. The molecular weight excluding hydrogens is 684 g/mol. The number of benzene rings is 1. The third kappa shape index (κ3) is 8.84. The molecule has 0 spiro atoms. The van der Waals surface area contributed by atoms with Crippen molar-refractivity contribution in [3.63, 3.8) is 0 Å². The molecule has 0 aliphatic carbocycles. The number of aliphatic imine (C=N–C) groups is 1. The molecule has 3 atom stereocenters. The molecule has 6 rings (SSSR count). The van der Waals surface area contributed by atoms with Gasteiger partial charge in [0.2, 0.25) is 5.91 Å². The Morgan fingerprint density at radius 1 is 1.02 bits per heavy atom. The molecule has 3 aliphatic rings. The summed E-state index contributed by atoms with van der Waals surface area (Å²) in [6, 6.07) is 7.46. The van der Waals surface area contributed by atoms with Crippen molar-refractivity contribution in [3.05, 3.63) is 62.5 Å². The van der Waals surface area contributed by atoms with E-state index in [4.69, 9.17) is 21.3 Å². The van der Waals surface area contributed by atoms with E-state index in [9.17, 15) is 9.59 Å². The second-order valence-corrected chi connectivity index (χ2v) is 17.0. The average Bonchev–Trinajstić information content (AvgIpc) is 3.55. The topological polar surface area (TPSA) is 108 Å². The van der Waals surface area contributed by atoms with E-state index in [0.717, 1.165) is 92.7 Å². The van der Waals surface area contributed by atoms with Crippen LogP contribution in [0.25, 0.3) is 5.00 Å². The molecule has 13 heteroatoms. The van der Waals surface area contributed by atoms with Crippen LogP contribution in [0.4, 0.5) is 4.79 Å². The lowest BCUT2D eigenvalue weighted by molar-refractivity contribution is -0.121. The average molecular weight is 737 g/mol. The van der Waals surface area contributed by atoms with Crippen molar-refractivity contribution in [3.8, 4) is 5.00 Å². The van der Waals surface area contributed by atoms with Gasteiger partial charge in [-0.05, 0) is 97.9 Å². The SMILES string of the molecule is Cc1sc2c(c1C)C(c1ccc(Cl)cc1)=N[C@@H](CC(=O)NCCCN1CCN(CC3CCN(C(=O)OC(C)(C)C)[C@H](C)C3)CC1)c1nnc(C)n1-2. The van der Waals surface area contributed by atoms with E-state index in [-0.39, 0.29) is 24.5 Å². The minimum absolute atomic E-state index is 0.0404. The minimum atomic E-state index is -0.475. The van der Waals surface area contributed by atoms with Crippen LogP contribution >= 0.6 is 22.9 Å². The number of piperidine rings is 1. The Labute approximate surface area is 311 Å². The van der Waals surface area contributed by atoms with Crippen molar-refractivity contribution in [2.24, 2.45) is 10.9 Å². The molecule has 2 saturated heterocycles. The molecule has 0 bridgehead atoms. The zero-order chi connectivity index (χ0) is 36.4. The van der Waals surface area contributed by atoms with Gasteiger partial charge in [0, 0.05) is 72.9 Å². The first-order chi connectivity index (χ1) is 24.3. The van der Waals surface area contributed by atoms with Crippen LogP contribution in [0.3, 0.4) is 0 Å². The molecule has 5 heterocycles.